The van der Waals surface area contributed by atoms with Crippen molar-refractivity contribution in [3.8, 4) is 11.5 Å². The third-order valence-corrected chi connectivity index (χ3v) is 4.26. The zero-order valence-electron chi connectivity index (χ0n) is 13.6. The summed E-state index contributed by atoms with van der Waals surface area (Å²) in [6.45, 7) is 2.47. The molecule has 0 bridgehead atoms. The predicted octanol–water partition coefficient (Wildman–Crippen LogP) is -0.0698. The van der Waals surface area contributed by atoms with Crippen LogP contribution in [0.3, 0.4) is 0 Å². The zero-order chi connectivity index (χ0) is 17.2. The van der Waals surface area contributed by atoms with Gasteiger partial charge in [-0.15, -0.1) is 0 Å². The summed E-state index contributed by atoms with van der Waals surface area (Å²) >= 11 is 0. The fourth-order valence-electron chi connectivity index (χ4n) is 2.96. The van der Waals surface area contributed by atoms with Crippen molar-refractivity contribution in [2.45, 2.75) is 12.0 Å². The van der Waals surface area contributed by atoms with Crippen LogP contribution in [0.5, 0.6) is 11.5 Å². The number of hydrogen-bond donors (Lipinski definition) is 3. The maximum atomic E-state index is 12.8. The van der Waals surface area contributed by atoms with Gasteiger partial charge in [0.2, 0.25) is 0 Å². The van der Waals surface area contributed by atoms with Gasteiger partial charge in [0.05, 0.1) is 24.8 Å². The minimum absolute atomic E-state index is 0.136. The van der Waals surface area contributed by atoms with Gasteiger partial charge in [-0.05, 0) is 31.2 Å². The van der Waals surface area contributed by atoms with Crippen LogP contribution >= 0.6 is 0 Å². The van der Waals surface area contributed by atoms with Crippen molar-refractivity contribution in [3.05, 3.63) is 23.8 Å². The van der Waals surface area contributed by atoms with Gasteiger partial charge in [0.1, 0.15) is 11.5 Å². The summed E-state index contributed by atoms with van der Waals surface area (Å²) in [4.78, 5) is 25.8. The molecule has 8 nitrogen and oxygen atoms in total. The number of nitrogens with two attached hydrogens (primary N) is 1. The number of nitrogens with zero attached hydrogens (tertiary/aromatic N) is 1. The summed E-state index contributed by atoms with van der Waals surface area (Å²) < 4.78 is 10.9. The summed E-state index contributed by atoms with van der Waals surface area (Å²) in [6.07, 6.45) is 0.712. The number of benzene rings is 1. The molecule has 1 aromatic rings. The summed E-state index contributed by atoms with van der Waals surface area (Å²) in [6, 6.07) is 4.98. The molecule has 2 fully saturated rings. The van der Waals surface area contributed by atoms with E-state index in [-0.39, 0.29) is 17.5 Å². The monoisotopic (exact) mass is 334 g/mol. The highest BCUT2D eigenvalue weighted by Gasteiger charge is 2.50. The number of nitrogens with one attached hydrogen (secondary N) is 2. The number of carbonyl (C=O) groups is 2. The van der Waals surface area contributed by atoms with Gasteiger partial charge in [-0.25, -0.2) is 4.79 Å². The third-order valence-electron chi connectivity index (χ3n) is 4.26. The molecular weight excluding hydrogens is 312 g/mol. The Morgan fingerprint density at radius 3 is 2.83 bits per heavy atom. The van der Waals surface area contributed by atoms with E-state index in [9.17, 15) is 9.59 Å². The maximum absolute atomic E-state index is 12.8. The highest BCUT2D eigenvalue weighted by Crippen LogP contribution is 2.30. The number of hydrogen-bond acceptors (Lipinski definition) is 5. The molecule has 3 amide bonds. The molecule has 1 aromatic carbocycles. The Balaban J connectivity index is 1.72. The fraction of sp³-hybridized carbons (Fsp3) is 0.500. The van der Waals surface area contributed by atoms with Crippen molar-refractivity contribution in [2.75, 3.05) is 39.9 Å². The molecule has 2 aliphatic heterocycles. The molecule has 3 rings (SSSR count). The van der Waals surface area contributed by atoms with Gasteiger partial charge in [0, 0.05) is 19.6 Å². The molecule has 0 aliphatic carbocycles. The van der Waals surface area contributed by atoms with E-state index >= 15 is 0 Å². The lowest BCUT2D eigenvalue weighted by Gasteiger charge is -2.46. The van der Waals surface area contributed by atoms with Crippen molar-refractivity contribution in [3.63, 3.8) is 0 Å². The van der Waals surface area contributed by atoms with Crippen LogP contribution in [-0.4, -0.2) is 62.3 Å². The van der Waals surface area contributed by atoms with Crippen LogP contribution < -0.4 is 25.8 Å². The predicted molar refractivity (Wildman–Crippen MR) is 87.3 cm³/mol. The van der Waals surface area contributed by atoms with Crippen molar-refractivity contribution in [2.24, 2.45) is 5.73 Å². The Labute approximate surface area is 140 Å². The van der Waals surface area contributed by atoms with E-state index in [1.807, 2.05) is 0 Å². The molecule has 0 saturated carbocycles. The molecule has 2 saturated heterocycles. The standard InChI is InChI=1S/C16H22N4O4/c1-23-11-3-4-13(24-6-2-5-17)12(7-11)14(21)20-9-16(10-20)8-18-15(22)19-16/h3-4,7H,2,5-6,8-10,17H2,1H3,(H2,18,19,22). The highest BCUT2D eigenvalue weighted by molar-refractivity contribution is 5.98. The molecule has 0 radical (unpaired) electrons. The van der Waals surface area contributed by atoms with Gasteiger partial charge in [0.25, 0.3) is 5.91 Å². The minimum Gasteiger partial charge on any atom is -0.497 e. The van der Waals surface area contributed by atoms with E-state index < -0.39 is 0 Å². The Morgan fingerprint density at radius 1 is 1.42 bits per heavy atom. The Kier molecular flexibility index (Phi) is 4.48. The number of likely N-dealkylation sites (tertiary alicyclic amines) is 1. The normalized spacial score (nSPS) is 17.9. The van der Waals surface area contributed by atoms with Crippen LogP contribution in [0, 0.1) is 0 Å². The summed E-state index contributed by atoms with van der Waals surface area (Å²) in [5, 5.41) is 5.60. The van der Waals surface area contributed by atoms with Gasteiger partial charge in [-0.3, -0.25) is 4.79 Å². The second-order valence-electron chi connectivity index (χ2n) is 6.10. The Bertz CT molecular complexity index is 643. The van der Waals surface area contributed by atoms with Crippen LogP contribution in [0.15, 0.2) is 18.2 Å². The summed E-state index contributed by atoms with van der Waals surface area (Å²) in [5.41, 5.74) is 5.59. The Morgan fingerprint density at radius 2 is 2.21 bits per heavy atom. The number of rotatable bonds is 6. The molecule has 0 atom stereocenters. The van der Waals surface area contributed by atoms with Crippen LogP contribution in [0.1, 0.15) is 16.8 Å². The lowest BCUT2D eigenvalue weighted by molar-refractivity contribution is 0.0393. The molecule has 2 aliphatic rings. The number of amides is 3. The van der Waals surface area contributed by atoms with E-state index in [4.69, 9.17) is 15.2 Å². The molecule has 130 valence electrons. The molecular formula is C16H22N4O4. The van der Waals surface area contributed by atoms with Gasteiger partial charge in [0.15, 0.2) is 0 Å². The first kappa shape index (κ1) is 16.4. The maximum Gasteiger partial charge on any atom is 0.315 e. The largest absolute Gasteiger partial charge is 0.497 e. The van der Waals surface area contributed by atoms with Crippen molar-refractivity contribution in [1.82, 2.24) is 15.5 Å². The molecule has 2 heterocycles. The number of urea groups is 1. The number of ether oxygens (including phenoxy) is 2. The van der Waals surface area contributed by atoms with E-state index in [0.717, 1.165) is 0 Å². The van der Waals surface area contributed by atoms with E-state index in [2.05, 4.69) is 10.6 Å². The molecule has 8 heteroatoms. The lowest BCUT2D eigenvalue weighted by Crippen LogP contribution is -2.70. The number of methoxy groups -OCH3 is 1. The van der Waals surface area contributed by atoms with Crippen LogP contribution in [0.25, 0.3) is 0 Å². The molecule has 24 heavy (non-hydrogen) atoms. The van der Waals surface area contributed by atoms with Crippen molar-refractivity contribution >= 4 is 11.9 Å². The minimum atomic E-state index is -0.341. The second kappa shape index (κ2) is 6.56. The third kappa shape index (κ3) is 3.09. The van der Waals surface area contributed by atoms with Gasteiger partial charge in [-0.1, -0.05) is 0 Å². The van der Waals surface area contributed by atoms with E-state index in [1.165, 1.54) is 0 Å². The lowest BCUT2D eigenvalue weighted by atomic mass is 9.90. The average molecular weight is 334 g/mol. The summed E-state index contributed by atoms with van der Waals surface area (Å²) in [7, 11) is 1.55. The first-order valence-electron chi connectivity index (χ1n) is 7.93. The molecule has 0 aromatic heterocycles. The van der Waals surface area contributed by atoms with E-state index in [0.29, 0.717) is 56.3 Å². The molecule has 1 spiro atoms. The SMILES string of the molecule is COc1ccc(OCCCN)c(C(=O)N2CC3(CNC(=O)N3)C2)c1. The highest BCUT2D eigenvalue weighted by atomic mass is 16.5. The van der Waals surface area contributed by atoms with Crippen LogP contribution in [0.2, 0.25) is 0 Å². The van der Waals surface area contributed by atoms with E-state index in [1.54, 1.807) is 30.2 Å². The average Bonchev–Trinajstić information content (AvgIpc) is 2.95. The van der Waals surface area contributed by atoms with Crippen molar-refractivity contribution in [1.29, 1.82) is 0 Å². The quantitative estimate of drug-likeness (QED) is 0.632. The summed E-state index contributed by atoms with van der Waals surface area (Å²) in [5.74, 6) is 0.975. The smallest absolute Gasteiger partial charge is 0.315 e. The zero-order valence-corrected chi connectivity index (χ0v) is 13.6. The van der Waals surface area contributed by atoms with Crippen LogP contribution in [0.4, 0.5) is 4.79 Å². The van der Waals surface area contributed by atoms with Gasteiger partial charge >= 0.3 is 6.03 Å². The fourth-order valence-corrected chi connectivity index (χ4v) is 2.96. The van der Waals surface area contributed by atoms with Crippen molar-refractivity contribution < 1.29 is 19.1 Å². The van der Waals surface area contributed by atoms with Gasteiger partial charge in [-0.2, -0.15) is 0 Å². The molecule has 4 N–H and O–H groups in total. The van der Waals surface area contributed by atoms with Crippen LogP contribution in [-0.2, 0) is 0 Å². The van der Waals surface area contributed by atoms with Gasteiger partial charge < -0.3 is 30.7 Å². The molecule has 0 unspecified atom stereocenters. The topological polar surface area (TPSA) is 106 Å². The first-order valence-corrected chi connectivity index (χ1v) is 7.93. The number of carbonyl (C=O) groups excluding carboxylic acids is 2. The Hall–Kier alpha value is -2.48. The second-order valence-corrected chi connectivity index (χ2v) is 6.10. The first-order chi connectivity index (χ1) is 11.6.